The Morgan fingerprint density at radius 1 is 0.944 bits per heavy atom. The van der Waals surface area contributed by atoms with Crippen LogP contribution in [-0.4, -0.2) is 28.0 Å². The van der Waals surface area contributed by atoms with Crippen LogP contribution in [0.25, 0.3) is 10.8 Å². The highest BCUT2D eigenvalue weighted by atomic mass is 16.3. The molecule has 0 aliphatic rings. The number of rotatable bonds is 6. The first-order valence-electron chi connectivity index (χ1n) is 11.7. The number of aliphatic hydroxyl groups excluding tert-OH is 1. The fourth-order valence-electron chi connectivity index (χ4n) is 3.99. The van der Waals surface area contributed by atoms with Gasteiger partial charge in [-0.3, -0.25) is 9.59 Å². The molecule has 0 aliphatic heterocycles. The first kappa shape index (κ1) is 24.9. The number of amides is 2. The molecule has 4 aromatic rings. The average Bonchev–Trinajstić information content (AvgIpc) is 2.87. The Balaban J connectivity index is 1.56. The Labute approximate surface area is 210 Å². The van der Waals surface area contributed by atoms with Gasteiger partial charge in [-0.05, 0) is 52.3 Å². The summed E-state index contributed by atoms with van der Waals surface area (Å²) in [5.74, 6) is -0.703. The smallest absolute Gasteiger partial charge is 0.255 e. The summed E-state index contributed by atoms with van der Waals surface area (Å²) in [5.41, 5.74) is 8.52. The zero-order chi connectivity index (χ0) is 25.9. The van der Waals surface area contributed by atoms with Crippen LogP contribution in [0.2, 0.25) is 0 Å². The molecule has 184 valence electrons. The second kappa shape index (κ2) is 10.2. The van der Waals surface area contributed by atoms with Gasteiger partial charge in [0, 0.05) is 22.8 Å². The van der Waals surface area contributed by atoms with Crippen molar-refractivity contribution in [2.45, 2.75) is 38.3 Å². The summed E-state index contributed by atoms with van der Waals surface area (Å²) >= 11 is 0. The number of nitrogen functional groups attached to an aromatic ring is 1. The molecule has 1 heterocycles. The molecule has 0 saturated heterocycles. The van der Waals surface area contributed by atoms with Crippen molar-refractivity contribution in [2.75, 3.05) is 11.1 Å². The van der Waals surface area contributed by atoms with Gasteiger partial charge in [0.2, 0.25) is 0 Å². The predicted octanol–water partition coefficient (Wildman–Crippen LogP) is 4.59. The number of fused-ring (bicyclic) bond motifs is 1. The van der Waals surface area contributed by atoms with Crippen LogP contribution in [0, 0.1) is 0 Å². The van der Waals surface area contributed by atoms with E-state index in [1.807, 2.05) is 30.3 Å². The van der Waals surface area contributed by atoms with Crippen molar-refractivity contribution >= 4 is 34.1 Å². The van der Waals surface area contributed by atoms with Crippen LogP contribution in [0.4, 0.5) is 11.5 Å². The minimum atomic E-state index is -1.55. The fourth-order valence-corrected chi connectivity index (χ4v) is 3.99. The van der Waals surface area contributed by atoms with Crippen LogP contribution >= 0.6 is 0 Å². The first-order chi connectivity index (χ1) is 17.1. The van der Waals surface area contributed by atoms with Gasteiger partial charge in [0.1, 0.15) is 5.82 Å². The molecule has 7 heteroatoms. The average molecular weight is 483 g/mol. The van der Waals surface area contributed by atoms with E-state index in [1.165, 1.54) is 0 Å². The summed E-state index contributed by atoms with van der Waals surface area (Å²) in [4.78, 5) is 30.2. The largest absolute Gasteiger partial charge is 0.383 e. The standard InChI is InChI=1S/C29H30N4O3/c1-29(2,3)21-12-9-20(10-13-21)27(35)33-24(19-7-5-4-6-8-19)25(34)28(36)32-22-14-11-18-15-16-31-26(30)23(18)17-22/h4-17,24-25,34H,1-3H3,(H2,30,31)(H,32,36)(H,33,35). The molecule has 0 bridgehead atoms. The van der Waals surface area contributed by atoms with E-state index in [0.29, 0.717) is 28.0 Å². The van der Waals surface area contributed by atoms with E-state index in [2.05, 4.69) is 36.4 Å². The highest BCUT2D eigenvalue weighted by Gasteiger charge is 2.29. The van der Waals surface area contributed by atoms with Crippen molar-refractivity contribution in [1.82, 2.24) is 10.3 Å². The minimum absolute atomic E-state index is 0.0423. The lowest BCUT2D eigenvalue weighted by Gasteiger charge is -2.24. The maximum atomic E-state index is 13.1. The lowest BCUT2D eigenvalue weighted by Crippen LogP contribution is -2.42. The van der Waals surface area contributed by atoms with Crippen molar-refractivity contribution < 1.29 is 14.7 Å². The SMILES string of the molecule is CC(C)(C)c1ccc(C(=O)NC(c2ccccc2)C(O)C(=O)Nc2ccc3ccnc(N)c3c2)cc1. The number of nitrogens with zero attached hydrogens (tertiary/aromatic N) is 1. The molecule has 4 rings (SSSR count). The summed E-state index contributed by atoms with van der Waals surface area (Å²) in [6, 6.07) is 22.3. The molecule has 0 saturated carbocycles. The molecule has 2 atom stereocenters. The van der Waals surface area contributed by atoms with Gasteiger partial charge in [-0.2, -0.15) is 0 Å². The highest BCUT2D eigenvalue weighted by molar-refractivity contribution is 6.00. The van der Waals surface area contributed by atoms with Crippen LogP contribution in [-0.2, 0) is 10.2 Å². The molecule has 7 nitrogen and oxygen atoms in total. The van der Waals surface area contributed by atoms with Gasteiger partial charge in [-0.25, -0.2) is 4.98 Å². The van der Waals surface area contributed by atoms with Crippen LogP contribution < -0.4 is 16.4 Å². The molecule has 2 amide bonds. The molecule has 0 fully saturated rings. The molecule has 5 N–H and O–H groups in total. The molecule has 2 unspecified atom stereocenters. The lowest BCUT2D eigenvalue weighted by molar-refractivity contribution is -0.125. The topological polar surface area (TPSA) is 117 Å². The number of anilines is 2. The second-order valence-electron chi connectivity index (χ2n) is 9.76. The number of carbonyl (C=O) groups excluding carboxylic acids is 2. The number of hydrogen-bond donors (Lipinski definition) is 4. The number of aromatic nitrogens is 1. The number of nitrogens with one attached hydrogen (secondary N) is 2. The summed E-state index contributed by atoms with van der Waals surface area (Å²) in [6.45, 7) is 6.30. The van der Waals surface area contributed by atoms with Gasteiger partial charge in [0.05, 0.1) is 6.04 Å². The normalized spacial score (nSPS) is 13.1. The second-order valence-corrected chi connectivity index (χ2v) is 9.76. The van der Waals surface area contributed by atoms with Gasteiger partial charge < -0.3 is 21.5 Å². The van der Waals surface area contributed by atoms with E-state index >= 15 is 0 Å². The maximum absolute atomic E-state index is 13.1. The Morgan fingerprint density at radius 2 is 1.64 bits per heavy atom. The molecule has 0 spiro atoms. The van der Waals surface area contributed by atoms with Crippen molar-refractivity contribution in [3.63, 3.8) is 0 Å². The molecule has 0 aliphatic carbocycles. The molecular formula is C29H30N4O3. The van der Waals surface area contributed by atoms with Crippen molar-refractivity contribution in [3.8, 4) is 0 Å². The molecule has 0 radical (unpaired) electrons. The van der Waals surface area contributed by atoms with Gasteiger partial charge in [-0.1, -0.05) is 69.3 Å². The van der Waals surface area contributed by atoms with E-state index < -0.39 is 18.1 Å². The summed E-state index contributed by atoms with van der Waals surface area (Å²) in [6.07, 6.45) is 0.0656. The Hall–Kier alpha value is -4.23. The van der Waals surface area contributed by atoms with Crippen molar-refractivity contribution in [2.24, 2.45) is 0 Å². The maximum Gasteiger partial charge on any atom is 0.255 e. The van der Waals surface area contributed by atoms with E-state index in [-0.39, 0.29) is 11.3 Å². The fraction of sp³-hybridized carbons (Fsp3) is 0.207. The van der Waals surface area contributed by atoms with E-state index in [9.17, 15) is 14.7 Å². The lowest BCUT2D eigenvalue weighted by atomic mass is 9.86. The number of hydrogen-bond acceptors (Lipinski definition) is 5. The summed E-state index contributed by atoms with van der Waals surface area (Å²) in [5, 5.41) is 18.2. The van der Waals surface area contributed by atoms with Crippen LogP contribution in [0.5, 0.6) is 0 Å². The third-order valence-corrected chi connectivity index (χ3v) is 6.11. The monoisotopic (exact) mass is 482 g/mol. The predicted molar refractivity (Wildman–Crippen MR) is 143 cm³/mol. The Bertz CT molecular complexity index is 1380. The molecule has 3 aromatic carbocycles. The van der Waals surface area contributed by atoms with Crippen molar-refractivity contribution in [1.29, 1.82) is 0 Å². The first-order valence-corrected chi connectivity index (χ1v) is 11.7. The van der Waals surface area contributed by atoms with Crippen LogP contribution in [0.15, 0.2) is 85.1 Å². The zero-order valence-electron chi connectivity index (χ0n) is 20.5. The zero-order valence-corrected chi connectivity index (χ0v) is 20.5. The summed E-state index contributed by atoms with van der Waals surface area (Å²) < 4.78 is 0. The van der Waals surface area contributed by atoms with E-state index in [0.717, 1.165) is 10.9 Å². The number of benzene rings is 3. The molecular weight excluding hydrogens is 452 g/mol. The number of nitrogens with two attached hydrogens (primary N) is 1. The van der Waals surface area contributed by atoms with Gasteiger partial charge >= 0.3 is 0 Å². The number of pyridine rings is 1. The highest BCUT2D eigenvalue weighted by Crippen LogP contribution is 2.25. The minimum Gasteiger partial charge on any atom is -0.383 e. The van der Waals surface area contributed by atoms with Crippen LogP contribution in [0.3, 0.4) is 0 Å². The summed E-state index contributed by atoms with van der Waals surface area (Å²) in [7, 11) is 0. The van der Waals surface area contributed by atoms with Crippen molar-refractivity contribution in [3.05, 3.63) is 102 Å². The third kappa shape index (κ3) is 5.53. The van der Waals surface area contributed by atoms with E-state index in [1.54, 1.807) is 54.7 Å². The van der Waals surface area contributed by atoms with E-state index in [4.69, 9.17) is 5.73 Å². The van der Waals surface area contributed by atoms with Gasteiger partial charge in [0.25, 0.3) is 11.8 Å². The Morgan fingerprint density at radius 3 is 2.31 bits per heavy atom. The molecule has 36 heavy (non-hydrogen) atoms. The van der Waals surface area contributed by atoms with Gasteiger partial charge in [-0.15, -0.1) is 0 Å². The number of carbonyl (C=O) groups is 2. The van der Waals surface area contributed by atoms with Crippen LogP contribution in [0.1, 0.15) is 48.3 Å². The molecule has 1 aromatic heterocycles. The number of aliphatic hydroxyl groups is 1. The van der Waals surface area contributed by atoms with Gasteiger partial charge in [0.15, 0.2) is 6.10 Å². The quantitative estimate of drug-likeness (QED) is 0.321. The third-order valence-electron chi connectivity index (χ3n) is 6.11. The Kier molecular flexibility index (Phi) is 7.03.